The fourth-order valence-electron chi connectivity index (χ4n) is 1.82. The van der Waals surface area contributed by atoms with Gasteiger partial charge in [-0.25, -0.2) is 4.79 Å². The maximum atomic E-state index is 11.1. The molecule has 19 heavy (non-hydrogen) atoms. The Kier molecular flexibility index (Phi) is 4.71. The van der Waals surface area contributed by atoms with Crippen LogP contribution in [0.5, 0.6) is 0 Å². The Bertz CT molecular complexity index is 476. The molecule has 0 aromatic carbocycles. The van der Waals surface area contributed by atoms with E-state index in [0.29, 0.717) is 5.71 Å². The maximum absolute atomic E-state index is 11.1. The first-order valence-electron chi connectivity index (χ1n) is 5.37. The normalized spacial score (nSPS) is 25.8. The quantitative estimate of drug-likeness (QED) is 0.486. The molecule has 0 aromatic rings. The molecule has 110 valence electrons. The summed E-state index contributed by atoms with van der Waals surface area (Å²) < 4.78 is 26.9. The third-order valence-electron chi connectivity index (χ3n) is 2.86. The number of hydrogen-bond acceptors (Lipinski definition) is 7. The summed E-state index contributed by atoms with van der Waals surface area (Å²) in [5, 5.41) is 12.7. The van der Waals surface area contributed by atoms with Crippen molar-refractivity contribution in [2.24, 2.45) is 16.3 Å². The topological polar surface area (TPSA) is 132 Å². The largest absolute Gasteiger partial charge is 0.465 e. The molecular formula is C9H17N3O6S. The molecule has 0 saturated carbocycles. The molecule has 9 nitrogen and oxygen atoms in total. The lowest BCUT2D eigenvalue weighted by Gasteiger charge is -2.26. The van der Waals surface area contributed by atoms with Crippen LogP contribution >= 0.6 is 0 Å². The van der Waals surface area contributed by atoms with Crippen LogP contribution in [0.4, 0.5) is 4.79 Å². The Hall–Kier alpha value is -1.39. The molecule has 0 aromatic heterocycles. The van der Waals surface area contributed by atoms with E-state index in [0.717, 1.165) is 11.2 Å². The van der Waals surface area contributed by atoms with Gasteiger partial charge in [0.05, 0.1) is 30.5 Å². The molecule has 0 bridgehead atoms. The first-order chi connectivity index (χ1) is 8.74. The Balaban J connectivity index is 3.00. The lowest BCUT2D eigenvalue weighted by molar-refractivity contribution is 0.139. The molecule has 1 atom stereocenters. The molecule has 0 radical (unpaired) electrons. The Morgan fingerprint density at radius 3 is 2.68 bits per heavy atom. The van der Waals surface area contributed by atoms with Crippen LogP contribution in [0.1, 0.15) is 0 Å². The van der Waals surface area contributed by atoms with E-state index in [9.17, 15) is 13.2 Å². The molecule has 0 spiro atoms. The summed E-state index contributed by atoms with van der Waals surface area (Å²) in [4.78, 5) is 16.7. The molecule has 1 fully saturated rings. The monoisotopic (exact) mass is 295 g/mol. The van der Waals surface area contributed by atoms with Gasteiger partial charge in [0.25, 0.3) is 10.1 Å². The second-order valence-corrected chi connectivity index (χ2v) is 5.95. The highest BCUT2D eigenvalue weighted by atomic mass is 32.2. The number of nitrogens with two attached hydrogens (primary N) is 1. The Labute approximate surface area is 111 Å². The summed E-state index contributed by atoms with van der Waals surface area (Å²) in [6, 6.07) is 0. The highest BCUT2D eigenvalue weighted by Crippen LogP contribution is 2.28. The van der Waals surface area contributed by atoms with E-state index in [2.05, 4.69) is 9.99 Å². The average Bonchev–Trinajstić information content (AvgIpc) is 2.66. The molecular weight excluding hydrogens is 278 g/mol. The minimum Gasteiger partial charge on any atom is -0.465 e. The van der Waals surface area contributed by atoms with E-state index in [1.54, 1.807) is 0 Å². The highest BCUT2D eigenvalue weighted by Gasteiger charge is 2.46. The van der Waals surface area contributed by atoms with Gasteiger partial charge in [-0.05, 0) is 0 Å². The van der Waals surface area contributed by atoms with Crippen LogP contribution < -0.4 is 5.73 Å². The van der Waals surface area contributed by atoms with Gasteiger partial charge in [-0.3, -0.25) is 4.18 Å². The summed E-state index contributed by atoms with van der Waals surface area (Å²) in [5.74, 6) is 0. The van der Waals surface area contributed by atoms with Crippen LogP contribution in [0.2, 0.25) is 0 Å². The van der Waals surface area contributed by atoms with Crippen molar-refractivity contribution >= 4 is 21.9 Å². The molecule has 1 rings (SSSR count). The van der Waals surface area contributed by atoms with Crippen molar-refractivity contribution in [3.05, 3.63) is 0 Å². The predicted molar refractivity (Wildman–Crippen MR) is 66.3 cm³/mol. The van der Waals surface area contributed by atoms with Crippen LogP contribution in [-0.2, 0) is 19.1 Å². The summed E-state index contributed by atoms with van der Waals surface area (Å²) >= 11 is 0. The summed E-state index contributed by atoms with van der Waals surface area (Å²) in [6.07, 6.45) is -0.229. The van der Waals surface area contributed by atoms with Gasteiger partial charge in [0.1, 0.15) is 7.11 Å². The number of carbonyl (C=O) groups is 1. The van der Waals surface area contributed by atoms with Crippen LogP contribution in [0.15, 0.2) is 5.16 Å². The fourth-order valence-corrected chi connectivity index (χ4v) is 2.26. The van der Waals surface area contributed by atoms with E-state index in [1.165, 1.54) is 7.11 Å². The number of rotatable bonds is 5. The van der Waals surface area contributed by atoms with Gasteiger partial charge >= 0.3 is 6.09 Å². The number of nitrogens with zero attached hydrogens (tertiary/aromatic N) is 2. The molecule has 1 heterocycles. The number of hydrogen-bond donors (Lipinski definition) is 2. The van der Waals surface area contributed by atoms with Crippen molar-refractivity contribution < 1.29 is 27.3 Å². The Morgan fingerprint density at radius 2 is 2.26 bits per heavy atom. The molecule has 1 aliphatic heterocycles. The molecule has 1 aliphatic rings. The van der Waals surface area contributed by atoms with E-state index in [-0.39, 0.29) is 26.2 Å². The first-order valence-corrected chi connectivity index (χ1v) is 7.18. The number of oxime groups is 1. The zero-order chi connectivity index (χ0) is 14.7. The van der Waals surface area contributed by atoms with Gasteiger partial charge in [0, 0.05) is 13.1 Å². The average molecular weight is 295 g/mol. The molecule has 10 heteroatoms. The second kappa shape index (κ2) is 5.72. The van der Waals surface area contributed by atoms with E-state index in [4.69, 9.17) is 15.0 Å². The van der Waals surface area contributed by atoms with Crippen LogP contribution in [0, 0.1) is 5.41 Å². The minimum absolute atomic E-state index is 0.00546. The van der Waals surface area contributed by atoms with E-state index >= 15 is 0 Å². The van der Waals surface area contributed by atoms with Gasteiger partial charge in [-0.2, -0.15) is 8.42 Å². The van der Waals surface area contributed by atoms with Gasteiger partial charge in [0.15, 0.2) is 0 Å². The zero-order valence-electron chi connectivity index (χ0n) is 10.7. The minimum atomic E-state index is -3.65. The van der Waals surface area contributed by atoms with Crippen molar-refractivity contribution in [3.63, 3.8) is 0 Å². The van der Waals surface area contributed by atoms with Gasteiger partial charge < -0.3 is 20.6 Å². The molecule has 0 aliphatic carbocycles. The molecule has 3 N–H and O–H groups in total. The molecule has 1 amide bonds. The van der Waals surface area contributed by atoms with Crippen LogP contribution in [0.3, 0.4) is 0 Å². The molecule has 1 unspecified atom stereocenters. The van der Waals surface area contributed by atoms with Crippen molar-refractivity contribution in [3.8, 4) is 0 Å². The van der Waals surface area contributed by atoms with Crippen molar-refractivity contribution in [1.29, 1.82) is 0 Å². The summed E-state index contributed by atoms with van der Waals surface area (Å²) in [6.45, 7) is -0.257. The van der Waals surface area contributed by atoms with Crippen molar-refractivity contribution in [1.82, 2.24) is 4.90 Å². The smallest absolute Gasteiger partial charge is 0.407 e. The zero-order valence-corrected chi connectivity index (χ0v) is 11.5. The SMILES string of the molecule is CON=C1CN(C(=O)O)CC1(CN)COS(C)(=O)=O. The number of carboxylic acid groups (broad SMARTS) is 1. The highest BCUT2D eigenvalue weighted by molar-refractivity contribution is 7.85. The van der Waals surface area contributed by atoms with Gasteiger partial charge in [-0.1, -0.05) is 5.16 Å². The van der Waals surface area contributed by atoms with E-state index in [1.807, 2.05) is 0 Å². The predicted octanol–water partition coefficient (Wildman–Crippen LogP) is -1.10. The second-order valence-electron chi connectivity index (χ2n) is 4.31. The number of likely N-dealkylation sites (tertiary alicyclic amines) is 1. The Morgan fingerprint density at radius 1 is 1.63 bits per heavy atom. The fraction of sp³-hybridized carbons (Fsp3) is 0.778. The lowest BCUT2D eigenvalue weighted by Crippen LogP contribution is -2.44. The van der Waals surface area contributed by atoms with E-state index < -0.39 is 21.6 Å². The standard InChI is InChI=1S/C9H17N3O6S/c1-17-11-7-3-12(8(13)14)5-9(7,4-10)6-18-19(2,15)16/h3-6,10H2,1-2H3,(H,13,14). The third kappa shape index (κ3) is 3.78. The van der Waals surface area contributed by atoms with Crippen molar-refractivity contribution in [2.45, 2.75) is 0 Å². The van der Waals surface area contributed by atoms with Gasteiger partial charge in [0.2, 0.25) is 0 Å². The van der Waals surface area contributed by atoms with Crippen LogP contribution in [-0.4, -0.2) is 69.8 Å². The van der Waals surface area contributed by atoms with Crippen molar-refractivity contribution in [2.75, 3.05) is 39.6 Å². The lowest BCUT2D eigenvalue weighted by atomic mass is 9.86. The first kappa shape index (κ1) is 15.7. The summed E-state index contributed by atoms with van der Waals surface area (Å²) in [5.41, 5.74) is 5.01. The third-order valence-corrected chi connectivity index (χ3v) is 3.40. The maximum Gasteiger partial charge on any atom is 0.407 e. The summed E-state index contributed by atoms with van der Waals surface area (Å²) in [7, 11) is -2.34. The van der Waals surface area contributed by atoms with Gasteiger partial charge in [-0.15, -0.1) is 0 Å². The number of amides is 1. The van der Waals surface area contributed by atoms with Crippen LogP contribution in [0.25, 0.3) is 0 Å². The molecule has 1 saturated heterocycles.